The van der Waals surface area contributed by atoms with Gasteiger partial charge in [-0.25, -0.2) is 0 Å². The van der Waals surface area contributed by atoms with E-state index in [4.69, 9.17) is 4.43 Å². The van der Waals surface area contributed by atoms with Gasteiger partial charge in [-0.2, -0.15) is 0 Å². The smallest absolute Gasteiger partial charge is 0.305 e. The van der Waals surface area contributed by atoms with E-state index in [2.05, 4.69) is 49.8 Å². The molecule has 0 aliphatic heterocycles. The van der Waals surface area contributed by atoms with Crippen LogP contribution in [0, 0.1) is 0 Å². The maximum Gasteiger partial charge on any atom is 0.305 e. The predicted octanol–water partition coefficient (Wildman–Crippen LogP) is 2.63. The molecule has 0 bridgehead atoms. The third-order valence-corrected chi connectivity index (χ3v) is 10.4. The van der Waals surface area contributed by atoms with E-state index in [1.807, 2.05) is 36.4 Å². The molecule has 164 valence electrons. The van der Waals surface area contributed by atoms with Crippen LogP contribution in [0.25, 0.3) is 0 Å². The first-order chi connectivity index (χ1) is 14.2. The van der Waals surface area contributed by atoms with Crippen molar-refractivity contribution >= 4 is 24.7 Å². The average Bonchev–Trinajstić information content (AvgIpc) is 2.73. The number of methoxy groups -OCH3 is 1. The van der Waals surface area contributed by atoms with Gasteiger partial charge in [0.2, 0.25) is 0 Å². The second-order valence-corrected chi connectivity index (χ2v) is 12.9. The van der Waals surface area contributed by atoms with Crippen LogP contribution in [-0.4, -0.2) is 50.4 Å². The molecule has 0 aliphatic carbocycles. The van der Waals surface area contributed by atoms with Crippen molar-refractivity contribution in [3.8, 4) is 0 Å². The summed E-state index contributed by atoms with van der Waals surface area (Å²) < 4.78 is 11.3. The van der Waals surface area contributed by atoms with Gasteiger partial charge in [0, 0.05) is 12.8 Å². The van der Waals surface area contributed by atoms with Gasteiger partial charge in [-0.1, -0.05) is 81.4 Å². The lowest BCUT2D eigenvalue weighted by atomic mass is 10.1. The summed E-state index contributed by atoms with van der Waals surface area (Å²) in [6.45, 7) is 6.65. The van der Waals surface area contributed by atoms with Crippen LogP contribution < -0.4 is 10.4 Å². The van der Waals surface area contributed by atoms with Gasteiger partial charge in [-0.3, -0.25) is 4.79 Å². The molecule has 2 N–H and O–H groups in total. The van der Waals surface area contributed by atoms with Crippen molar-refractivity contribution in [2.24, 2.45) is 0 Å². The second kappa shape index (κ2) is 10.9. The molecule has 0 spiro atoms. The number of carbonyl (C=O) groups is 1. The van der Waals surface area contributed by atoms with Crippen LogP contribution in [0.5, 0.6) is 0 Å². The van der Waals surface area contributed by atoms with E-state index in [-0.39, 0.29) is 36.9 Å². The van der Waals surface area contributed by atoms with Gasteiger partial charge >= 0.3 is 5.97 Å². The highest BCUT2D eigenvalue weighted by Crippen LogP contribution is 2.36. The van der Waals surface area contributed by atoms with E-state index < -0.39 is 20.5 Å². The first-order valence-electron chi connectivity index (χ1n) is 10.4. The topological polar surface area (TPSA) is 76.0 Å². The van der Waals surface area contributed by atoms with Crippen LogP contribution in [0.3, 0.4) is 0 Å². The largest absolute Gasteiger partial charge is 0.469 e. The summed E-state index contributed by atoms with van der Waals surface area (Å²) in [4.78, 5) is 11.3. The number of hydrogen-bond acceptors (Lipinski definition) is 5. The Morgan fingerprint density at radius 2 is 1.43 bits per heavy atom. The van der Waals surface area contributed by atoms with Gasteiger partial charge in [0.15, 0.2) is 0 Å². The van der Waals surface area contributed by atoms with E-state index in [1.165, 1.54) is 7.11 Å². The van der Waals surface area contributed by atoms with Crippen molar-refractivity contribution in [1.29, 1.82) is 0 Å². The van der Waals surface area contributed by atoms with Crippen molar-refractivity contribution in [1.82, 2.24) is 0 Å². The van der Waals surface area contributed by atoms with Crippen LogP contribution in [0.4, 0.5) is 0 Å². The van der Waals surface area contributed by atoms with E-state index in [9.17, 15) is 15.0 Å². The SMILES string of the molecule is COC(=O)CC[C@H](O)C[C@@H](O)CO[Si](c1ccccc1)(c1ccccc1)C(C)(C)C. The van der Waals surface area contributed by atoms with Gasteiger partial charge in [-0.15, -0.1) is 0 Å². The Morgan fingerprint density at radius 1 is 0.933 bits per heavy atom. The van der Waals surface area contributed by atoms with Crippen molar-refractivity contribution in [2.45, 2.75) is 57.3 Å². The molecule has 0 saturated carbocycles. The molecule has 30 heavy (non-hydrogen) atoms. The van der Waals surface area contributed by atoms with Crippen molar-refractivity contribution in [3.63, 3.8) is 0 Å². The molecule has 2 aromatic carbocycles. The van der Waals surface area contributed by atoms with Crippen LogP contribution in [0.2, 0.25) is 5.04 Å². The van der Waals surface area contributed by atoms with Crippen molar-refractivity contribution in [3.05, 3.63) is 60.7 Å². The number of aliphatic hydroxyl groups excluding tert-OH is 2. The highest BCUT2D eigenvalue weighted by atomic mass is 28.4. The third-order valence-electron chi connectivity index (χ3n) is 5.36. The minimum absolute atomic E-state index is 0.114. The minimum atomic E-state index is -2.72. The normalized spacial score (nSPS) is 14.2. The number of esters is 1. The highest BCUT2D eigenvalue weighted by molar-refractivity contribution is 6.99. The Bertz CT molecular complexity index is 734. The fraction of sp³-hybridized carbons (Fsp3) is 0.458. The molecule has 0 unspecified atom stereocenters. The first-order valence-corrected chi connectivity index (χ1v) is 12.3. The third kappa shape index (κ3) is 6.01. The Kier molecular flexibility index (Phi) is 8.79. The lowest BCUT2D eigenvalue weighted by molar-refractivity contribution is -0.141. The number of rotatable bonds is 10. The predicted molar refractivity (Wildman–Crippen MR) is 121 cm³/mol. The molecule has 2 atom stereocenters. The monoisotopic (exact) mass is 430 g/mol. The summed E-state index contributed by atoms with van der Waals surface area (Å²) in [5.41, 5.74) is 0. The fourth-order valence-electron chi connectivity index (χ4n) is 3.87. The molecule has 0 heterocycles. The lowest BCUT2D eigenvalue weighted by Crippen LogP contribution is -2.67. The minimum Gasteiger partial charge on any atom is -0.469 e. The molecular formula is C24H34O5Si. The fourth-order valence-corrected chi connectivity index (χ4v) is 8.47. The van der Waals surface area contributed by atoms with Crippen LogP contribution in [-0.2, 0) is 14.0 Å². The molecule has 0 amide bonds. The summed E-state index contributed by atoms with van der Waals surface area (Å²) in [5, 5.41) is 22.9. The molecule has 0 radical (unpaired) electrons. The summed E-state index contributed by atoms with van der Waals surface area (Å²) in [7, 11) is -1.40. The number of hydrogen-bond donors (Lipinski definition) is 2. The summed E-state index contributed by atoms with van der Waals surface area (Å²) in [5.74, 6) is -0.368. The average molecular weight is 431 g/mol. The summed E-state index contributed by atoms with van der Waals surface area (Å²) in [6, 6.07) is 20.4. The molecule has 5 nitrogen and oxygen atoms in total. The zero-order valence-corrected chi connectivity index (χ0v) is 19.4. The molecule has 6 heteroatoms. The van der Waals surface area contributed by atoms with Gasteiger partial charge in [-0.05, 0) is 21.8 Å². The summed E-state index contributed by atoms with van der Waals surface area (Å²) >= 11 is 0. The Balaban J connectivity index is 2.23. The van der Waals surface area contributed by atoms with Gasteiger partial charge in [0.1, 0.15) is 0 Å². The number of carbonyl (C=O) groups excluding carboxylic acids is 1. The van der Waals surface area contributed by atoms with E-state index >= 15 is 0 Å². The Labute approximate surface area is 180 Å². The van der Waals surface area contributed by atoms with Crippen molar-refractivity contribution < 1.29 is 24.2 Å². The van der Waals surface area contributed by atoms with Crippen molar-refractivity contribution in [2.75, 3.05) is 13.7 Å². The van der Waals surface area contributed by atoms with Crippen LogP contribution in [0.15, 0.2) is 60.7 Å². The van der Waals surface area contributed by atoms with E-state index in [0.717, 1.165) is 10.4 Å². The number of ether oxygens (including phenoxy) is 1. The second-order valence-electron chi connectivity index (χ2n) is 8.63. The molecule has 0 aromatic heterocycles. The molecule has 0 saturated heterocycles. The Hall–Kier alpha value is -1.99. The number of aliphatic hydroxyl groups is 2. The Morgan fingerprint density at radius 3 is 1.87 bits per heavy atom. The molecular weight excluding hydrogens is 396 g/mol. The lowest BCUT2D eigenvalue weighted by Gasteiger charge is -2.43. The van der Waals surface area contributed by atoms with E-state index in [1.54, 1.807) is 0 Å². The maximum absolute atomic E-state index is 11.3. The van der Waals surface area contributed by atoms with Gasteiger partial charge < -0.3 is 19.4 Å². The molecule has 0 fully saturated rings. The quantitative estimate of drug-likeness (QED) is 0.448. The molecule has 2 aromatic rings. The number of benzene rings is 2. The van der Waals surface area contributed by atoms with Crippen LogP contribution in [0.1, 0.15) is 40.0 Å². The first kappa shape index (κ1) is 24.3. The standard InChI is InChI=1S/C24H34O5Si/c1-24(2,3)30(21-11-7-5-8-12-21,22-13-9-6-10-14-22)29-18-20(26)17-19(25)15-16-23(27)28-4/h5-14,19-20,25-26H,15-18H2,1-4H3/t19-,20+/m0/s1. The molecule has 2 rings (SSSR count). The summed E-state index contributed by atoms with van der Waals surface area (Å²) in [6.07, 6.45) is -1.10. The zero-order valence-electron chi connectivity index (χ0n) is 18.4. The zero-order chi connectivity index (χ0) is 22.2. The van der Waals surface area contributed by atoms with Gasteiger partial charge in [0.25, 0.3) is 8.32 Å². The van der Waals surface area contributed by atoms with Gasteiger partial charge in [0.05, 0.1) is 25.9 Å². The highest BCUT2D eigenvalue weighted by Gasteiger charge is 2.50. The maximum atomic E-state index is 11.3. The molecule has 0 aliphatic rings. The van der Waals surface area contributed by atoms with Crippen LogP contribution >= 0.6 is 0 Å². The van der Waals surface area contributed by atoms with E-state index in [0.29, 0.717) is 0 Å².